The predicted octanol–water partition coefficient (Wildman–Crippen LogP) is 6.98. The smallest absolute Gasteiger partial charge is 0.0337 e. The van der Waals surface area contributed by atoms with Crippen LogP contribution in [0.2, 0.25) is 0 Å². The second kappa shape index (κ2) is 7.85. The fourth-order valence-corrected chi connectivity index (χ4v) is 5.01. The van der Waals surface area contributed by atoms with Crippen LogP contribution in [-0.2, 0) is 0 Å². The zero-order chi connectivity index (χ0) is 14.4. The summed E-state index contributed by atoms with van der Waals surface area (Å²) in [5.74, 6) is 3.12. The van der Waals surface area contributed by atoms with Gasteiger partial charge in [-0.1, -0.05) is 97.8 Å². The van der Waals surface area contributed by atoms with Crippen molar-refractivity contribution in [2.75, 3.05) is 0 Å². The molecule has 2 atom stereocenters. The van der Waals surface area contributed by atoms with E-state index in [4.69, 9.17) is 0 Å². The van der Waals surface area contributed by atoms with E-state index in [2.05, 4.69) is 20.8 Å². The van der Waals surface area contributed by atoms with Gasteiger partial charge in [0, 0.05) is 0 Å². The Balaban J connectivity index is 1.66. The van der Waals surface area contributed by atoms with E-state index >= 15 is 0 Å². The highest BCUT2D eigenvalue weighted by atomic mass is 14.4. The zero-order valence-electron chi connectivity index (χ0n) is 14.4. The molecule has 0 heterocycles. The lowest BCUT2D eigenvalue weighted by Gasteiger charge is -2.40. The molecule has 2 unspecified atom stereocenters. The summed E-state index contributed by atoms with van der Waals surface area (Å²) < 4.78 is 0. The van der Waals surface area contributed by atoms with Crippen molar-refractivity contribution in [3.8, 4) is 0 Å². The van der Waals surface area contributed by atoms with Gasteiger partial charge >= 0.3 is 0 Å². The third kappa shape index (κ3) is 5.08. The van der Waals surface area contributed by atoms with Crippen LogP contribution in [0.4, 0.5) is 0 Å². The summed E-state index contributed by atoms with van der Waals surface area (Å²) >= 11 is 0. The Hall–Kier alpha value is 0. The fraction of sp³-hybridized carbons (Fsp3) is 1.00. The lowest BCUT2D eigenvalue weighted by atomic mass is 9.65. The Bertz CT molecular complexity index is 254. The van der Waals surface area contributed by atoms with Crippen LogP contribution in [0.1, 0.15) is 104 Å². The van der Waals surface area contributed by atoms with Crippen molar-refractivity contribution in [3.05, 3.63) is 0 Å². The molecule has 20 heavy (non-hydrogen) atoms. The molecule has 0 radical (unpaired) electrons. The minimum absolute atomic E-state index is 0.536. The van der Waals surface area contributed by atoms with Crippen molar-refractivity contribution in [2.24, 2.45) is 23.2 Å². The maximum atomic E-state index is 2.47. The third-order valence-electron chi connectivity index (χ3n) is 6.18. The van der Waals surface area contributed by atoms with E-state index in [0.717, 1.165) is 17.8 Å². The van der Waals surface area contributed by atoms with E-state index in [1.54, 1.807) is 0 Å². The van der Waals surface area contributed by atoms with Gasteiger partial charge in [-0.2, -0.15) is 0 Å². The normalized spacial score (nSPS) is 29.6. The van der Waals surface area contributed by atoms with E-state index in [0.29, 0.717) is 5.41 Å². The number of rotatable bonds is 5. The molecule has 2 rings (SSSR count). The highest BCUT2D eigenvalue weighted by Gasteiger charge is 2.33. The minimum atomic E-state index is 0.536. The van der Waals surface area contributed by atoms with E-state index < -0.39 is 0 Å². The van der Waals surface area contributed by atoms with E-state index in [1.807, 2.05) is 0 Å². The molecule has 0 spiro atoms. The van der Waals surface area contributed by atoms with Gasteiger partial charge in [-0.25, -0.2) is 0 Å². The van der Waals surface area contributed by atoms with Gasteiger partial charge in [0.15, 0.2) is 0 Å². The second-order valence-electron chi connectivity index (χ2n) is 8.81. The molecule has 0 heteroatoms. The first-order valence-corrected chi connectivity index (χ1v) is 9.57. The number of unbranched alkanes of at least 4 members (excludes halogenated alkanes) is 1. The maximum Gasteiger partial charge on any atom is -0.0337 e. The standard InChI is InChI=1S/C20H38/c1-20(2,3)19-16-10-9-15-18(19)14-8-7-13-17-11-5-4-6-12-17/h17-19H,4-16H2,1-3H3. The van der Waals surface area contributed by atoms with Crippen molar-refractivity contribution >= 4 is 0 Å². The largest absolute Gasteiger partial charge is 0.0599 e. The first-order valence-electron chi connectivity index (χ1n) is 9.57. The van der Waals surface area contributed by atoms with E-state index in [-0.39, 0.29) is 0 Å². The number of hydrogen-bond donors (Lipinski definition) is 0. The average Bonchev–Trinajstić information content (AvgIpc) is 2.44. The Labute approximate surface area is 128 Å². The lowest BCUT2D eigenvalue weighted by molar-refractivity contribution is 0.0990. The summed E-state index contributed by atoms with van der Waals surface area (Å²) in [7, 11) is 0. The predicted molar refractivity (Wildman–Crippen MR) is 89.9 cm³/mol. The summed E-state index contributed by atoms with van der Waals surface area (Å²) in [5, 5.41) is 0. The monoisotopic (exact) mass is 278 g/mol. The molecule has 0 aromatic carbocycles. The molecule has 0 aromatic rings. The molecule has 2 saturated carbocycles. The highest BCUT2D eigenvalue weighted by Crippen LogP contribution is 2.44. The van der Waals surface area contributed by atoms with Crippen molar-refractivity contribution in [1.29, 1.82) is 0 Å². The van der Waals surface area contributed by atoms with Crippen LogP contribution in [-0.4, -0.2) is 0 Å². The summed E-state index contributed by atoms with van der Waals surface area (Å²) in [6.07, 6.45) is 19.7. The third-order valence-corrected chi connectivity index (χ3v) is 6.18. The van der Waals surface area contributed by atoms with Gasteiger partial charge in [0.2, 0.25) is 0 Å². The van der Waals surface area contributed by atoms with Crippen molar-refractivity contribution in [1.82, 2.24) is 0 Å². The van der Waals surface area contributed by atoms with E-state index in [1.165, 1.54) is 83.5 Å². The van der Waals surface area contributed by atoms with Gasteiger partial charge in [-0.05, 0) is 29.6 Å². The van der Waals surface area contributed by atoms with Crippen molar-refractivity contribution in [3.63, 3.8) is 0 Å². The molecular formula is C20H38. The molecule has 2 aliphatic rings. The molecule has 0 bridgehead atoms. The Morgan fingerprint density at radius 2 is 1.30 bits per heavy atom. The van der Waals surface area contributed by atoms with Gasteiger partial charge in [0.1, 0.15) is 0 Å². The SMILES string of the molecule is CC(C)(C)C1CCCCC1CCCCC1CCCCC1. The molecule has 2 fully saturated rings. The van der Waals surface area contributed by atoms with E-state index in [9.17, 15) is 0 Å². The van der Waals surface area contributed by atoms with Gasteiger partial charge < -0.3 is 0 Å². The van der Waals surface area contributed by atoms with Crippen LogP contribution in [0.3, 0.4) is 0 Å². The Morgan fingerprint density at radius 1 is 0.700 bits per heavy atom. The fourth-order valence-electron chi connectivity index (χ4n) is 5.01. The van der Waals surface area contributed by atoms with Crippen LogP contribution >= 0.6 is 0 Å². The molecule has 0 nitrogen and oxygen atoms in total. The molecule has 0 N–H and O–H groups in total. The Morgan fingerprint density at radius 3 is 2.00 bits per heavy atom. The Kier molecular flexibility index (Phi) is 6.43. The maximum absolute atomic E-state index is 2.47. The molecule has 118 valence electrons. The average molecular weight is 279 g/mol. The van der Waals surface area contributed by atoms with Crippen LogP contribution in [0.25, 0.3) is 0 Å². The lowest BCUT2D eigenvalue weighted by Crippen LogP contribution is -2.31. The quantitative estimate of drug-likeness (QED) is 0.476. The van der Waals surface area contributed by atoms with Gasteiger partial charge in [-0.3, -0.25) is 0 Å². The summed E-state index contributed by atoms with van der Waals surface area (Å²) in [6.45, 7) is 7.41. The van der Waals surface area contributed by atoms with Gasteiger partial charge in [0.05, 0.1) is 0 Å². The summed E-state index contributed by atoms with van der Waals surface area (Å²) in [5.41, 5.74) is 0.536. The first kappa shape index (κ1) is 16.4. The molecular weight excluding hydrogens is 240 g/mol. The van der Waals surface area contributed by atoms with Crippen LogP contribution < -0.4 is 0 Å². The molecule has 2 aliphatic carbocycles. The number of hydrogen-bond acceptors (Lipinski definition) is 0. The molecule has 0 saturated heterocycles. The van der Waals surface area contributed by atoms with Gasteiger partial charge in [0.25, 0.3) is 0 Å². The van der Waals surface area contributed by atoms with Crippen molar-refractivity contribution in [2.45, 2.75) is 104 Å². The van der Waals surface area contributed by atoms with Crippen LogP contribution in [0.15, 0.2) is 0 Å². The highest BCUT2D eigenvalue weighted by molar-refractivity contribution is 4.84. The molecule has 0 aromatic heterocycles. The molecule has 0 aliphatic heterocycles. The molecule has 0 amide bonds. The van der Waals surface area contributed by atoms with Gasteiger partial charge in [-0.15, -0.1) is 0 Å². The van der Waals surface area contributed by atoms with Crippen LogP contribution in [0, 0.1) is 23.2 Å². The minimum Gasteiger partial charge on any atom is -0.0599 e. The van der Waals surface area contributed by atoms with Crippen molar-refractivity contribution < 1.29 is 0 Å². The summed E-state index contributed by atoms with van der Waals surface area (Å²) in [4.78, 5) is 0. The zero-order valence-corrected chi connectivity index (χ0v) is 14.4. The first-order chi connectivity index (χ1) is 9.57. The van der Waals surface area contributed by atoms with Crippen LogP contribution in [0.5, 0.6) is 0 Å². The topological polar surface area (TPSA) is 0 Å². The second-order valence-corrected chi connectivity index (χ2v) is 8.81. The summed E-state index contributed by atoms with van der Waals surface area (Å²) in [6, 6.07) is 0.